The predicted molar refractivity (Wildman–Crippen MR) is 107 cm³/mol. The van der Waals surface area contributed by atoms with Crippen molar-refractivity contribution in [3.63, 3.8) is 0 Å². The van der Waals surface area contributed by atoms with Crippen molar-refractivity contribution in [2.45, 2.75) is 13.5 Å². The van der Waals surface area contributed by atoms with E-state index in [1.54, 1.807) is 29.9 Å². The van der Waals surface area contributed by atoms with E-state index in [9.17, 15) is 10.1 Å². The average molecular weight is 373 g/mol. The Balaban J connectivity index is 1.78. The molecular formula is C20H17N6O2. The molecule has 2 heterocycles. The number of aryl methyl sites for hydroxylation is 1. The molecule has 0 amide bonds. The van der Waals surface area contributed by atoms with Crippen molar-refractivity contribution < 1.29 is 4.92 Å². The quantitative estimate of drug-likeness (QED) is 0.432. The number of hydrogen-bond donors (Lipinski definition) is 1. The Hall–Kier alpha value is -3.81. The number of anilines is 1. The molecule has 0 spiro atoms. The summed E-state index contributed by atoms with van der Waals surface area (Å²) in [7, 11) is 0. The lowest BCUT2D eigenvalue weighted by atomic mass is 10.1. The summed E-state index contributed by atoms with van der Waals surface area (Å²) in [5, 5.41) is 16.2. The molecule has 1 radical (unpaired) electrons. The number of nitro groups is 1. The van der Waals surface area contributed by atoms with Gasteiger partial charge >= 0.3 is 0 Å². The Labute approximate surface area is 160 Å². The van der Waals surface area contributed by atoms with Crippen LogP contribution in [0.3, 0.4) is 0 Å². The van der Waals surface area contributed by atoms with E-state index in [1.807, 2.05) is 24.3 Å². The number of nitrogens with zero attached hydrogens (tertiary/aromatic N) is 5. The zero-order valence-corrected chi connectivity index (χ0v) is 15.2. The van der Waals surface area contributed by atoms with Crippen molar-refractivity contribution in [2.24, 2.45) is 0 Å². The molecule has 0 atom stereocenters. The number of aromatic nitrogens is 4. The molecule has 0 fully saturated rings. The zero-order valence-electron chi connectivity index (χ0n) is 15.2. The molecule has 2 N–H and O–H groups in total. The van der Waals surface area contributed by atoms with E-state index in [-0.39, 0.29) is 16.6 Å². The van der Waals surface area contributed by atoms with Gasteiger partial charge in [-0.2, -0.15) is 10.1 Å². The van der Waals surface area contributed by atoms with E-state index in [2.05, 4.69) is 22.0 Å². The summed E-state index contributed by atoms with van der Waals surface area (Å²) < 4.78 is 1.71. The van der Waals surface area contributed by atoms with Crippen LogP contribution in [0.4, 0.5) is 11.6 Å². The average Bonchev–Trinajstić information content (AvgIpc) is 3.03. The first-order valence-electron chi connectivity index (χ1n) is 8.58. The normalized spacial score (nSPS) is 11.1. The maximum absolute atomic E-state index is 11.0. The number of benzene rings is 2. The summed E-state index contributed by atoms with van der Waals surface area (Å²) in [5.74, 6) is 0.151. The minimum atomic E-state index is -0.390. The third-order valence-electron chi connectivity index (χ3n) is 4.50. The highest BCUT2D eigenvalue weighted by molar-refractivity contribution is 5.91. The summed E-state index contributed by atoms with van der Waals surface area (Å²) >= 11 is 0. The number of hydrogen-bond acceptors (Lipinski definition) is 6. The van der Waals surface area contributed by atoms with Gasteiger partial charge in [-0.05, 0) is 37.1 Å². The van der Waals surface area contributed by atoms with Crippen LogP contribution in [-0.4, -0.2) is 24.7 Å². The van der Waals surface area contributed by atoms with Gasteiger partial charge in [0, 0.05) is 17.2 Å². The van der Waals surface area contributed by atoms with Gasteiger partial charge < -0.3 is 5.73 Å². The topological polar surface area (TPSA) is 113 Å². The summed E-state index contributed by atoms with van der Waals surface area (Å²) in [6, 6.07) is 12.7. The summed E-state index contributed by atoms with van der Waals surface area (Å²) in [4.78, 5) is 19.4. The number of nitrogen functional groups attached to an aromatic ring is 1. The first kappa shape index (κ1) is 17.6. The Morgan fingerprint density at radius 3 is 2.75 bits per heavy atom. The lowest BCUT2D eigenvalue weighted by Crippen LogP contribution is -2.05. The van der Waals surface area contributed by atoms with Crippen LogP contribution in [0.15, 0.2) is 48.7 Å². The van der Waals surface area contributed by atoms with Crippen LogP contribution in [0, 0.1) is 24.0 Å². The molecule has 0 bridgehead atoms. The van der Waals surface area contributed by atoms with Crippen LogP contribution in [0.1, 0.15) is 16.7 Å². The minimum Gasteiger partial charge on any atom is -0.368 e. The van der Waals surface area contributed by atoms with Crippen molar-refractivity contribution in [1.29, 1.82) is 0 Å². The molecule has 0 saturated carbocycles. The van der Waals surface area contributed by atoms with Gasteiger partial charge in [0.25, 0.3) is 5.69 Å². The molecule has 0 aliphatic rings. The van der Waals surface area contributed by atoms with Gasteiger partial charge in [-0.3, -0.25) is 10.1 Å². The van der Waals surface area contributed by atoms with E-state index in [4.69, 9.17) is 5.73 Å². The Morgan fingerprint density at radius 1 is 1.21 bits per heavy atom. The van der Waals surface area contributed by atoms with E-state index in [0.29, 0.717) is 23.4 Å². The predicted octanol–water partition coefficient (Wildman–Crippen LogP) is 3.52. The Kier molecular flexibility index (Phi) is 4.23. The Morgan fingerprint density at radius 2 is 2.04 bits per heavy atom. The zero-order chi connectivity index (χ0) is 19.8. The van der Waals surface area contributed by atoms with Crippen LogP contribution in [0.2, 0.25) is 0 Å². The SMILES string of the molecule is [CH2]c1cccc(-c2nc(N)nc3c2cnn3Cc2ccc([N+](=O)[O-])c(C)c2)c1. The highest BCUT2D eigenvalue weighted by Crippen LogP contribution is 2.28. The number of fused-ring (bicyclic) bond motifs is 1. The maximum Gasteiger partial charge on any atom is 0.272 e. The molecule has 139 valence electrons. The van der Waals surface area contributed by atoms with Crippen molar-refractivity contribution in [3.8, 4) is 11.3 Å². The number of nitrogens with two attached hydrogens (primary N) is 1. The molecule has 2 aromatic carbocycles. The van der Waals surface area contributed by atoms with Crippen LogP contribution in [-0.2, 0) is 6.54 Å². The lowest BCUT2D eigenvalue weighted by Gasteiger charge is -2.07. The molecule has 28 heavy (non-hydrogen) atoms. The molecule has 2 aromatic heterocycles. The fraction of sp³-hybridized carbons (Fsp3) is 0.100. The van der Waals surface area contributed by atoms with E-state index < -0.39 is 0 Å². The second-order valence-electron chi connectivity index (χ2n) is 6.55. The lowest BCUT2D eigenvalue weighted by molar-refractivity contribution is -0.385. The molecule has 0 aliphatic carbocycles. The van der Waals surface area contributed by atoms with Crippen molar-refractivity contribution in [3.05, 3.63) is 82.4 Å². The van der Waals surface area contributed by atoms with Crippen LogP contribution in [0.25, 0.3) is 22.3 Å². The number of nitro benzene ring substituents is 1. The first-order valence-corrected chi connectivity index (χ1v) is 8.58. The van der Waals surface area contributed by atoms with Gasteiger partial charge in [-0.25, -0.2) is 9.67 Å². The standard InChI is InChI=1S/C20H17N6O2/c1-12-4-3-5-15(8-12)18-16-10-22-25(19(16)24-20(21)23-18)11-14-6-7-17(26(27)28)13(2)9-14/h3-10H,1,11H2,2H3,(H2,21,23,24). The van der Waals surface area contributed by atoms with Crippen molar-refractivity contribution >= 4 is 22.7 Å². The highest BCUT2D eigenvalue weighted by Gasteiger charge is 2.15. The van der Waals surface area contributed by atoms with Crippen molar-refractivity contribution in [1.82, 2.24) is 19.7 Å². The van der Waals surface area contributed by atoms with E-state index >= 15 is 0 Å². The summed E-state index contributed by atoms with van der Waals surface area (Å²) in [6.07, 6.45) is 1.71. The largest absolute Gasteiger partial charge is 0.368 e. The van der Waals surface area contributed by atoms with Crippen LogP contribution in [0.5, 0.6) is 0 Å². The molecule has 0 unspecified atom stereocenters. The fourth-order valence-electron chi connectivity index (χ4n) is 3.22. The second kappa shape index (κ2) is 6.73. The third kappa shape index (κ3) is 3.16. The molecule has 0 aliphatic heterocycles. The van der Waals surface area contributed by atoms with Gasteiger partial charge in [-0.1, -0.05) is 24.3 Å². The van der Waals surface area contributed by atoms with Gasteiger partial charge in [0.1, 0.15) is 0 Å². The molecule has 4 aromatic rings. The highest BCUT2D eigenvalue weighted by atomic mass is 16.6. The smallest absolute Gasteiger partial charge is 0.272 e. The second-order valence-corrected chi connectivity index (χ2v) is 6.55. The van der Waals surface area contributed by atoms with Crippen LogP contribution < -0.4 is 5.73 Å². The van der Waals surface area contributed by atoms with Crippen LogP contribution >= 0.6 is 0 Å². The van der Waals surface area contributed by atoms with Gasteiger partial charge in [0.15, 0.2) is 5.65 Å². The Bertz CT molecular complexity index is 1210. The maximum atomic E-state index is 11.0. The monoisotopic (exact) mass is 373 g/mol. The van der Waals surface area contributed by atoms with Crippen molar-refractivity contribution in [2.75, 3.05) is 5.73 Å². The molecule has 8 nitrogen and oxygen atoms in total. The molecule has 0 saturated heterocycles. The summed E-state index contributed by atoms with van der Waals surface area (Å²) in [6.45, 7) is 6.08. The molecule has 8 heteroatoms. The third-order valence-corrected chi connectivity index (χ3v) is 4.50. The fourth-order valence-corrected chi connectivity index (χ4v) is 3.22. The van der Waals surface area contributed by atoms with Gasteiger partial charge in [0.2, 0.25) is 5.95 Å². The first-order chi connectivity index (χ1) is 13.4. The molecule has 4 rings (SSSR count). The van der Waals surface area contributed by atoms with E-state index in [0.717, 1.165) is 22.1 Å². The van der Waals surface area contributed by atoms with Gasteiger partial charge in [-0.15, -0.1) is 0 Å². The minimum absolute atomic E-state index is 0.0935. The van der Waals surface area contributed by atoms with E-state index in [1.165, 1.54) is 6.07 Å². The van der Waals surface area contributed by atoms with Gasteiger partial charge in [0.05, 0.1) is 28.7 Å². The number of rotatable bonds is 4. The molecular weight excluding hydrogens is 356 g/mol. The summed E-state index contributed by atoms with van der Waals surface area (Å²) in [5.41, 5.74) is 10.6.